The van der Waals surface area contributed by atoms with Gasteiger partial charge in [0, 0.05) is 43.8 Å². The number of amides is 1. The van der Waals surface area contributed by atoms with E-state index in [1.165, 1.54) is 28.6 Å². The number of carbonyl (C=O) groups is 1. The summed E-state index contributed by atoms with van der Waals surface area (Å²) in [5.41, 5.74) is 1.77. The van der Waals surface area contributed by atoms with Crippen LogP contribution in [0.4, 0.5) is 0 Å². The minimum Gasteiger partial charge on any atom is -0.379 e. The summed E-state index contributed by atoms with van der Waals surface area (Å²) in [6.45, 7) is 2.28. The SMILES string of the molecule is O=C(NCCn1ccc(-c2cnccn2)n1)c1ccc(S(=O)(=O)N2CCOCC2)cc1. The van der Waals surface area contributed by atoms with Crippen molar-refractivity contribution in [3.8, 4) is 11.4 Å². The summed E-state index contributed by atoms with van der Waals surface area (Å²) in [4.78, 5) is 20.8. The molecule has 0 spiro atoms. The van der Waals surface area contributed by atoms with E-state index in [0.717, 1.165) is 0 Å². The maximum atomic E-state index is 12.7. The number of ether oxygens (including phenoxy) is 1. The number of benzene rings is 1. The van der Waals surface area contributed by atoms with Crippen molar-refractivity contribution in [1.29, 1.82) is 0 Å². The highest BCUT2D eigenvalue weighted by atomic mass is 32.2. The van der Waals surface area contributed by atoms with Crippen molar-refractivity contribution in [3.63, 3.8) is 0 Å². The molecule has 10 nitrogen and oxygen atoms in total. The number of morpholine rings is 1. The van der Waals surface area contributed by atoms with Gasteiger partial charge in [0.2, 0.25) is 10.0 Å². The minimum absolute atomic E-state index is 0.166. The molecule has 1 saturated heterocycles. The van der Waals surface area contributed by atoms with Gasteiger partial charge >= 0.3 is 0 Å². The summed E-state index contributed by atoms with van der Waals surface area (Å²) in [7, 11) is -3.58. The molecule has 162 valence electrons. The second kappa shape index (κ2) is 9.33. The monoisotopic (exact) mass is 442 g/mol. The van der Waals surface area contributed by atoms with Gasteiger partial charge in [-0.05, 0) is 30.3 Å². The number of aromatic nitrogens is 4. The Morgan fingerprint density at radius 3 is 2.55 bits per heavy atom. The highest BCUT2D eigenvalue weighted by Crippen LogP contribution is 2.17. The van der Waals surface area contributed by atoms with Crippen molar-refractivity contribution < 1.29 is 17.9 Å². The molecule has 1 aromatic carbocycles. The second-order valence-corrected chi connectivity index (χ2v) is 8.79. The molecule has 0 radical (unpaired) electrons. The first-order chi connectivity index (χ1) is 15.0. The van der Waals surface area contributed by atoms with Gasteiger partial charge in [0.05, 0.1) is 30.9 Å². The molecule has 0 saturated carbocycles. The number of carbonyl (C=O) groups excluding carboxylic acids is 1. The van der Waals surface area contributed by atoms with Gasteiger partial charge in [-0.15, -0.1) is 0 Å². The molecule has 0 unspecified atom stereocenters. The van der Waals surface area contributed by atoms with Crippen LogP contribution in [0.2, 0.25) is 0 Å². The first-order valence-corrected chi connectivity index (χ1v) is 11.2. The third-order valence-electron chi connectivity index (χ3n) is 4.82. The fourth-order valence-electron chi connectivity index (χ4n) is 3.15. The summed E-state index contributed by atoms with van der Waals surface area (Å²) in [5, 5.41) is 7.23. The number of nitrogens with zero attached hydrogens (tertiary/aromatic N) is 5. The van der Waals surface area contributed by atoms with Crippen molar-refractivity contribution in [2.75, 3.05) is 32.8 Å². The van der Waals surface area contributed by atoms with E-state index in [-0.39, 0.29) is 10.8 Å². The van der Waals surface area contributed by atoms with Gasteiger partial charge in [-0.25, -0.2) is 8.42 Å². The summed E-state index contributed by atoms with van der Waals surface area (Å²) in [6.07, 6.45) is 6.64. The average molecular weight is 443 g/mol. The van der Waals surface area contributed by atoms with Crippen molar-refractivity contribution in [3.05, 3.63) is 60.7 Å². The molecule has 3 heterocycles. The van der Waals surface area contributed by atoms with Crippen LogP contribution in [0.25, 0.3) is 11.4 Å². The Bertz CT molecular complexity index is 1130. The van der Waals surface area contributed by atoms with E-state index in [4.69, 9.17) is 4.74 Å². The van der Waals surface area contributed by atoms with Crippen molar-refractivity contribution >= 4 is 15.9 Å². The fourth-order valence-corrected chi connectivity index (χ4v) is 4.56. The number of hydrogen-bond donors (Lipinski definition) is 1. The molecular weight excluding hydrogens is 420 g/mol. The van der Waals surface area contributed by atoms with Crippen LogP contribution in [0.15, 0.2) is 60.0 Å². The van der Waals surface area contributed by atoms with Crippen LogP contribution in [0, 0.1) is 0 Å². The van der Waals surface area contributed by atoms with Gasteiger partial charge in [0.25, 0.3) is 5.91 Å². The van der Waals surface area contributed by atoms with Crippen LogP contribution in [-0.4, -0.2) is 71.2 Å². The maximum absolute atomic E-state index is 12.7. The number of rotatable bonds is 7. The zero-order valence-electron chi connectivity index (χ0n) is 16.7. The van der Waals surface area contributed by atoms with Crippen LogP contribution >= 0.6 is 0 Å². The molecule has 3 aromatic rings. The van der Waals surface area contributed by atoms with Crippen LogP contribution in [0.1, 0.15) is 10.4 Å². The molecule has 31 heavy (non-hydrogen) atoms. The summed E-state index contributed by atoms with van der Waals surface area (Å²) in [5.74, 6) is -0.281. The Hall–Kier alpha value is -3.15. The van der Waals surface area contributed by atoms with E-state index in [9.17, 15) is 13.2 Å². The lowest BCUT2D eigenvalue weighted by molar-refractivity contribution is 0.0730. The minimum atomic E-state index is -3.58. The molecule has 1 fully saturated rings. The Kier molecular flexibility index (Phi) is 6.35. The molecule has 1 N–H and O–H groups in total. The van der Waals surface area contributed by atoms with E-state index in [0.29, 0.717) is 56.3 Å². The van der Waals surface area contributed by atoms with Gasteiger partial charge in [-0.2, -0.15) is 9.40 Å². The first kappa shape index (κ1) is 21.1. The molecule has 4 rings (SSSR count). The topological polar surface area (TPSA) is 119 Å². The van der Waals surface area contributed by atoms with Gasteiger partial charge in [-0.1, -0.05) is 0 Å². The van der Waals surface area contributed by atoms with Crippen LogP contribution in [-0.2, 0) is 21.3 Å². The van der Waals surface area contributed by atoms with Crippen LogP contribution < -0.4 is 5.32 Å². The van der Waals surface area contributed by atoms with Crippen molar-refractivity contribution in [2.45, 2.75) is 11.4 Å². The number of sulfonamides is 1. The zero-order valence-corrected chi connectivity index (χ0v) is 17.5. The molecule has 1 aliphatic heterocycles. The average Bonchev–Trinajstić information content (AvgIpc) is 3.29. The van der Waals surface area contributed by atoms with Crippen molar-refractivity contribution in [1.82, 2.24) is 29.4 Å². The summed E-state index contributed by atoms with van der Waals surface area (Å²) in [6, 6.07) is 7.78. The third kappa shape index (κ3) is 4.95. The Morgan fingerprint density at radius 2 is 1.84 bits per heavy atom. The first-order valence-electron chi connectivity index (χ1n) is 9.80. The van der Waals surface area contributed by atoms with E-state index in [1.54, 1.807) is 23.3 Å². The van der Waals surface area contributed by atoms with Gasteiger partial charge in [0.1, 0.15) is 11.4 Å². The molecule has 1 amide bonds. The standard InChI is InChI=1S/C20H22N6O4S/c27-20(23-8-10-25-9-5-18(24-25)19-15-21-6-7-22-19)16-1-3-17(4-2-16)31(28,29)26-11-13-30-14-12-26/h1-7,9,15H,8,10-14H2,(H,23,27). The van der Waals surface area contributed by atoms with Gasteiger partial charge in [0.15, 0.2) is 0 Å². The van der Waals surface area contributed by atoms with E-state index in [1.807, 2.05) is 12.3 Å². The maximum Gasteiger partial charge on any atom is 0.251 e. The third-order valence-corrected chi connectivity index (χ3v) is 6.73. The highest BCUT2D eigenvalue weighted by Gasteiger charge is 2.26. The summed E-state index contributed by atoms with van der Waals surface area (Å²) >= 11 is 0. The Balaban J connectivity index is 1.31. The Morgan fingerprint density at radius 1 is 1.06 bits per heavy atom. The zero-order chi connectivity index (χ0) is 21.7. The molecule has 11 heteroatoms. The lowest BCUT2D eigenvalue weighted by Crippen LogP contribution is -2.40. The van der Waals surface area contributed by atoms with Crippen molar-refractivity contribution in [2.24, 2.45) is 0 Å². The van der Waals surface area contributed by atoms with Crippen LogP contribution in [0.5, 0.6) is 0 Å². The number of hydrogen-bond acceptors (Lipinski definition) is 7. The smallest absolute Gasteiger partial charge is 0.251 e. The fraction of sp³-hybridized carbons (Fsp3) is 0.300. The largest absolute Gasteiger partial charge is 0.379 e. The molecule has 0 bridgehead atoms. The normalized spacial score (nSPS) is 15.0. The highest BCUT2D eigenvalue weighted by molar-refractivity contribution is 7.89. The predicted molar refractivity (Wildman–Crippen MR) is 112 cm³/mol. The van der Waals surface area contributed by atoms with E-state index in [2.05, 4.69) is 20.4 Å². The molecular formula is C20H22N6O4S. The van der Waals surface area contributed by atoms with E-state index >= 15 is 0 Å². The summed E-state index contributed by atoms with van der Waals surface area (Å²) < 4.78 is 33.6. The number of nitrogens with one attached hydrogen (secondary N) is 1. The lowest BCUT2D eigenvalue weighted by Gasteiger charge is -2.26. The molecule has 2 aromatic heterocycles. The van der Waals surface area contributed by atoms with Gasteiger partial charge < -0.3 is 10.1 Å². The Labute approximate surface area is 179 Å². The molecule has 0 atom stereocenters. The van der Waals surface area contributed by atoms with E-state index < -0.39 is 10.0 Å². The second-order valence-electron chi connectivity index (χ2n) is 6.85. The molecule has 1 aliphatic rings. The van der Waals surface area contributed by atoms with Gasteiger partial charge in [-0.3, -0.25) is 19.4 Å². The van der Waals surface area contributed by atoms with Crippen LogP contribution in [0.3, 0.4) is 0 Å². The predicted octanol–water partition coefficient (Wildman–Crippen LogP) is 0.791. The molecule has 0 aliphatic carbocycles. The quantitative estimate of drug-likeness (QED) is 0.574. The lowest BCUT2D eigenvalue weighted by atomic mass is 10.2.